The summed E-state index contributed by atoms with van der Waals surface area (Å²) < 4.78 is 4.89. The summed E-state index contributed by atoms with van der Waals surface area (Å²) in [5.41, 5.74) is -0.779. The van der Waals surface area contributed by atoms with Crippen molar-refractivity contribution < 1.29 is 14.9 Å². The third kappa shape index (κ3) is 6.32. The van der Waals surface area contributed by atoms with E-state index in [-0.39, 0.29) is 6.04 Å². The van der Waals surface area contributed by atoms with Crippen LogP contribution in [-0.4, -0.2) is 48.2 Å². The monoisotopic (exact) mass is 205 g/mol. The molecule has 3 unspecified atom stereocenters. The standard InChI is InChI=1S/C10H23NO3/c1-8(9(2)12)11-7-10(3,13)5-6-14-4/h8-9,11-13H,5-7H2,1-4H3. The average Bonchev–Trinajstić information content (AvgIpc) is 2.11. The van der Waals surface area contributed by atoms with Gasteiger partial charge in [-0.2, -0.15) is 0 Å². The van der Waals surface area contributed by atoms with Gasteiger partial charge in [0.25, 0.3) is 0 Å². The van der Waals surface area contributed by atoms with Crippen molar-refractivity contribution in [3.05, 3.63) is 0 Å². The lowest BCUT2D eigenvalue weighted by molar-refractivity contribution is 0.0187. The zero-order valence-electron chi connectivity index (χ0n) is 9.58. The SMILES string of the molecule is COCCC(C)(O)CNC(C)C(C)O. The first-order chi connectivity index (χ1) is 6.39. The highest BCUT2D eigenvalue weighted by molar-refractivity contribution is 4.78. The fourth-order valence-electron chi connectivity index (χ4n) is 0.962. The van der Waals surface area contributed by atoms with Gasteiger partial charge < -0.3 is 20.3 Å². The molecule has 0 aliphatic carbocycles. The first kappa shape index (κ1) is 13.8. The van der Waals surface area contributed by atoms with Gasteiger partial charge in [-0.3, -0.25) is 0 Å². The Morgan fingerprint density at radius 2 is 2.00 bits per heavy atom. The Hall–Kier alpha value is -0.160. The van der Waals surface area contributed by atoms with Crippen LogP contribution >= 0.6 is 0 Å². The number of aliphatic hydroxyl groups is 2. The van der Waals surface area contributed by atoms with Crippen molar-refractivity contribution in [3.8, 4) is 0 Å². The molecule has 14 heavy (non-hydrogen) atoms. The maximum absolute atomic E-state index is 9.85. The van der Waals surface area contributed by atoms with Crippen LogP contribution in [0.5, 0.6) is 0 Å². The van der Waals surface area contributed by atoms with Crippen LogP contribution in [0.4, 0.5) is 0 Å². The topological polar surface area (TPSA) is 61.7 Å². The van der Waals surface area contributed by atoms with Gasteiger partial charge in [-0.15, -0.1) is 0 Å². The predicted octanol–water partition coefficient (Wildman–Crippen LogP) is 0.133. The van der Waals surface area contributed by atoms with Crippen molar-refractivity contribution >= 4 is 0 Å². The van der Waals surface area contributed by atoms with Crippen LogP contribution < -0.4 is 5.32 Å². The second-order valence-electron chi connectivity index (χ2n) is 4.15. The lowest BCUT2D eigenvalue weighted by atomic mass is 10.0. The normalized spacial score (nSPS) is 20.1. The number of rotatable bonds is 7. The molecule has 0 fully saturated rings. The Labute approximate surface area is 86.3 Å². The first-order valence-corrected chi connectivity index (χ1v) is 5.02. The predicted molar refractivity (Wildman–Crippen MR) is 56.3 cm³/mol. The molecule has 0 amide bonds. The van der Waals surface area contributed by atoms with E-state index >= 15 is 0 Å². The van der Waals surface area contributed by atoms with Gasteiger partial charge >= 0.3 is 0 Å². The summed E-state index contributed by atoms with van der Waals surface area (Å²) in [5, 5.41) is 22.2. The minimum Gasteiger partial charge on any atom is -0.392 e. The van der Waals surface area contributed by atoms with Crippen LogP contribution in [0.25, 0.3) is 0 Å². The van der Waals surface area contributed by atoms with Gasteiger partial charge in [0.05, 0.1) is 11.7 Å². The van der Waals surface area contributed by atoms with Crippen LogP contribution in [0.15, 0.2) is 0 Å². The van der Waals surface area contributed by atoms with Crippen LogP contribution in [0.3, 0.4) is 0 Å². The van der Waals surface area contributed by atoms with E-state index in [0.717, 1.165) is 0 Å². The van der Waals surface area contributed by atoms with E-state index in [1.54, 1.807) is 21.0 Å². The summed E-state index contributed by atoms with van der Waals surface area (Å²) >= 11 is 0. The van der Waals surface area contributed by atoms with Crippen molar-refractivity contribution in [3.63, 3.8) is 0 Å². The van der Waals surface area contributed by atoms with Gasteiger partial charge in [-0.1, -0.05) is 0 Å². The second-order valence-corrected chi connectivity index (χ2v) is 4.15. The molecule has 0 saturated heterocycles. The molecule has 0 rings (SSSR count). The second kappa shape index (κ2) is 6.35. The van der Waals surface area contributed by atoms with Crippen LogP contribution in [0.2, 0.25) is 0 Å². The number of methoxy groups -OCH3 is 1. The van der Waals surface area contributed by atoms with Gasteiger partial charge in [0.1, 0.15) is 0 Å². The maximum atomic E-state index is 9.85. The zero-order valence-corrected chi connectivity index (χ0v) is 9.58. The fraction of sp³-hybridized carbons (Fsp3) is 1.00. The molecule has 0 bridgehead atoms. The van der Waals surface area contributed by atoms with E-state index in [9.17, 15) is 10.2 Å². The highest BCUT2D eigenvalue weighted by Gasteiger charge is 2.21. The minimum absolute atomic E-state index is 0.0102. The molecule has 0 saturated carbocycles. The molecule has 0 spiro atoms. The molecule has 4 nitrogen and oxygen atoms in total. The Morgan fingerprint density at radius 1 is 1.43 bits per heavy atom. The Balaban J connectivity index is 3.74. The summed E-state index contributed by atoms with van der Waals surface area (Å²) in [7, 11) is 1.61. The molecule has 3 N–H and O–H groups in total. The third-order valence-electron chi connectivity index (χ3n) is 2.37. The van der Waals surface area contributed by atoms with E-state index in [1.165, 1.54) is 0 Å². The lowest BCUT2D eigenvalue weighted by Crippen LogP contribution is -2.45. The fourth-order valence-corrected chi connectivity index (χ4v) is 0.962. The molecular formula is C10H23NO3. The highest BCUT2D eigenvalue weighted by Crippen LogP contribution is 2.08. The molecule has 86 valence electrons. The van der Waals surface area contributed by atoms with Gasteiger partial charge in [-0.25, -0.2) is 0 Å². The molecule has 0 aromatic rings. The van der Waals surface area contributed by atoms with Crippen LogP contribution in [0, 0.1) is 0 Å². The van der Waals surface area contributed by atoms with E-state index in [2.05, 4.69) is 5.32 Å². The summed E-state index contributed by atoms with van der Waals surface area (Å²) in [6.45, 7) is 6.37. The number of nitrogens with one attached hydrogen (secondary N) is 1. The van der Waals surface area contributed by atoms with Crippen molar-refractivity contribution in [2.45, 2.75) is 44.9 Å². The van der Waals surface area contributed by atoms with Gasteiger partial charge in [0, 0.05) is 32.7 Å². The minimum atomic E-state index is -0.779. The molecular weight excluding hydrogens is 182 g/mol. The Morgan fingerprint density at radius 3 is 2.43 bits per heavy atom. The molecule has 4 heteroatoms. The average molecular weight is 205 g/mol. The number of ether oxygens (including phenoxy) is 1. The van der Waals surface area contributed by atoms with E-state index < -0.39 is 11.7 Å². The van der Waals surface area contributed by atoms with Crippen LogP contribution in [0.1, 0.15) is 27.2 Å². The number of hydrogen-bond acceptors (Lipinski definition) is 4. The third-order valence-corrected chi connectivity index (χ3v) is 2.37. The number of hydrogen-bond donors (Lipinski definition) is 3. The van der Waals surface area contributed by atoms with Gasteiger partial charge in [-0.05, 0) is 20.8 Å². The summed E-state index contributed by atoms with van der Waals surface area (Å²) in [5.74, 6) is 0. The summed E-state index contributed by atoms with van der Waals surface area (Å²) in [6, 6.07) is -0.0102. The highest BCUT2D eigenvalue weighted by atomic mass is 16.5. The van der Waals surface area contributed by atoms with Gasteiger partial charge in [0.2, 0.25) is 0 Å². The van der Waals surface area contributed by atoms with E-state index in [4.69, 9.17) is 4.74 Å². The quantitative estimate of drug-likeness (QED) is 0.553. The Kier molecular flexibility index (Phi) is 6.27. The van der Waals surface area contributed by atoms with Crippen molar-refractivity contribution in [1.29, 1.82) is 0 Å². The molecule has 3 atom stereocenters. The van der Waals surface area contributed by atoms with Crippen molar-refractivity contribution in [1.82, 2.24) is 5.32 Å². The summed E-state index contributed by atoms with van der Waals surface area (Å²) in [6.07, 6.45) is 0.177. The molecule has 0 radical (unpaired) electrons. The van der Waals surface area contributed by atoms with Crippen molar-refractivity contribution in [2.75, 3.05) is 20.3 Å². The molecule has 0 aromatic heterocycles. The number of aliphatic hydroxyl groups excluding tert-OH is 1. The van der Waals surface area contributed by atoms with Crippen molar-refractivity contribution in [2.24, 2.45) is 0 Å². The first-order valence-electron chi connectivity index (χ1n) is 5.02. The molecule has 0 heterocycles. The van der Waals surface area contributed by atoms with E-state index in [1.807, 2.05) is 6.92 Å². The molecule has 0 aliphatic rings. The largest absolute Gasteiger partial charge is 0.392 e. The molecule has 0 aliphatic heterocycles. The maximum Gasteiger partial charge on any atom is 0.0765 e. The van der Waals surface area contributed by atoms with Gasteiger partial charge in [0.15, 0.2) is 0 Å². The van der Waals surface area contributed by atoms with E-state index in [0.29, 0.717) is 19.6 Å². The smallest absolute Gasteiger partial charge is 0.0765 e. The van der Waals surface area contributed by atoms with Crippen LogP contribution in [-0.2, 0) is 4.74 Å². The zero-order chi connectivity index (χ0) is 11.2. The summed E-state index contributed by atoms with van der Waals surface area (Å²) in [4.78, 5) is 0. The molecule has 0 aromatic carbocycles. The Bertz CT molecular complexity index is 148. The lowest BCUT2D eigenvalue weighted by Gasteiger charge is -2.26.